The van der Waals surface area contributed by atoms with Crippen LogP contribution in [0.1, 0.15) is 21.7 Å². The molecule has 2 N–H and O–H groups in total. The molecule has 2 aliphatic rings. The number of aryl methyl sites for hydroxylation is 2. The summed E-state index contributed by atoms with van der Waals surface area (Å²) in [5.41, 5.74) is 1.58. The predicted molar refractivity (Wildman–Crippen MR) is 63.5 cm³/mol. The fraction of sp³-hybridized carbons (Fsp3) is 0.545. The summed E-state index contributed by atoms with van der Waals surface area (Å²) in [7, 11) is 0. The van der Waals surface area contributed by atoms with E-state index < -0.39 is 0 Å². The van der Waals surface area contributed by atoms with Gasteiger partial charge in [0.25, 0.3) is 0 Å². The molecule has 1 aromatic heterocycles. The molecule has 0 aromatic carbocycles. The van der Waals surface area contributed by atoms with Gasteiger partial charge in [-0.05, 0) is 30.9 Å². The van der Waals surface area contributed by atoms with Crippen molar-refractivity contribution < 1.29 is 0 Å². The third-order valence-electron chi connectivity index (χ3n) is 2.90. The number of rotatable bonds is 2. The van der Waals surface area contributed by atoms with Crippen LogP contribution in [0.3, 0.4) is 0 Å². The van der Waals surface area contributed by atoms with E-state index in [4.69, 9.17) is 0 Å². The van der Waals surface area contributed by atoms with E-state index in [1.54, 1.807) is 10.4 Å². The lowest BCUT2D eigenvalue weighted by Crippen LogP contribution is -2.32. The van der Waals surface area contributed by atoms with Crippen LogP contribution in [-0.2, 0) is 19.4 Å². The Balaban J connectivity index is 1.62. The molecule has 0 bridgehead atoms. The Labute approximate surface area is 93.6 Å². The van der Waals surface area contributed by atoms with E-state index >= 15 is 0 Å². The van der Waals surface area contributed by atoms with Crippen LogP contribution in [0.4, 0.5) is 0 Å². The van der Waals surface area contributed by atoms with E-state index in [1.165, 1.54) is 24.1 Å². The molecule has 4 heteroatoms. The minimum absolute atomic E-state index is 0.906. The molecule has 1 aliphatic carbocycles. The van der Waals surface area contributed by atoms with E-state index in [1.807, 2.05) is 11.3 Å². The fourth-order valence-corrected chi connectivity index (χ4v) is 3.37. The molecular formula is C11H15N3S. The Morgan fingerprint density at radius 3 is 3.27 bits per heavy atom. The van der Waals surface area contributed by atoms with Gasteiger partial charge in [0.05, 0.1) is 13.1 Å². The third-order valence-corrected chi connectivity index (χ3v) is 4.14. The van der Waals surface area contributed by atoms with Crippen molar-refractivity contribution in [1.29, 1.82) is 0 Å². The maximum absolute atomic E-state index is 4.31. The van der Waals surface area contributed by atoms with Crippen molar-refractivity contribution >= 4 is 17.3 Å². The summed E-state index contributed by atoms with van der Waals surface area (Å²) in [6, 6.07) is 2.36. The van der Waals surface area contributed by atoms with Crippen LogP contribution in [0.25, 0.3) is 0 Å². The van der Waals surface area contributed by atoms with Crippen molar-refractivity contribution in [3.63, 3.8) is 0 Å². The first-order valence-corrected chi connectivity index (χ1v) is 6.36. The highest BCUT2D eigenvalue weighted by Gasteiger charge is 2.14. The predicted octanol–water partition coefficient (Wildman–Crippen LogP) is 1.29. The number of guanidine groups is 1. The summed E-state index contributed by atoms with van der Waals surface area (Å²) in [5, 5.41) is 6.56. The lowest BCUT2D eigenvalue weighted by molar-refractivity contribution is 0.874. The second-order valence-electron chi connectivity index (χ2n) is 4.03. The maximum atomic E-state index is 4.31. The van der Waals surface area contributed by atoms with Crippen molar-refractivity contribution in [2.24, 2.45) is 4.99 Å². The van der Waals surface area contributed by atoms with Gasteiger partial charge < -0.3 is 10.6 Å². The maximum Gasteiger partial charge on any atom is 0.191 e. The topological polar surface area (TPSA) is 36.4 Å². The molecule has 0 unspecified atom stereocenters. The van der Waals surface area contributed by atoms with Crippen LogP contribution in [0.5, 0.6) is 0 Å². The molecule has 0 saturated carbocycles. The smallest absolute Gasteiger partial charge is 0.191 e. The number of hydrogen-bond acceptors (Lipinski definition) is 4. The van der Waals surface area contributed by atoms with E-state index in [-0.39, 0.29) is 0 Å². The molecular weight excluding hydrogens is 206 g/mol. The first kappa shape index (κ1) is 9.21. The summed E-state index contributed by atoms with van der Waals surface area (Å²) in [5.74, 6) is 0.962. The normalized spacial score (nSPS) is 18.5. The highest BCUT2D eigenvalue weighted by Crippen LogP contribution is 2.30. The standard InChI is InChI=1S/C11H15N3S/c1-2-8-6-9(15-10(8)3-1)7-14-11-12-4-5-13-11/h6H,1-5,7H2,(H2,12,13,14). The van der Waals surface area contributed by atoms with Crippen LogP contribution in [0.15, 0.2) is 11.1 Å². The first-order valence-electron chi connectivity index (χ1n) is 5.54. The number of thiophene rings is 1. The first-order chi connectivity index (χ1) is 7.42. The Kier molecular flexibility index (Phi) is 2.37. The number of aliphatic imine (C=N–C) groups is 1. The van der Waals surface area contributed by atoms with Gasteiger partial charge in [0.2, 0.25) is 0 Å². The van der Waals surface area contributed by atoms with Gasteiger partial charge in [-0.1, -0.05) is 0 Å². The van der Waals surface area contributed by atoms with E-state index in [2.05, 4.69) is 21.7 Å². The molecule has 3 nitrogen and oxygen atoms in total. The zero-order chi connectivity index (χ0) is 10.1. The van der Waals surface area contributed by atoms with E-state index in [0.29, 0.717) is 0 Å². The third kappa shape index (κ3) is 1.86. The lowest BCUT2D eigenvalue weighted by Gasteiger charge is -2.04. The van der Waals surface area contributed by atoms with Gasteiger partial charge >= 0.3 is 0 Å². The van der Waals surface area contributed by atoms with Crippen LogP contribution in [0.2, 0.25) is 0 Å². The second kappa shape index (κ2) is 3.85. The fourth-order valence-electron chi connectivity index (χ4n) is 2.16. The highest BCUT2D eigenvalue weighted by molar-refractivity contribution is 7.12. The number of nitrogens with zero attached hydrogens (tertiary/aromatic N) is 1. The van der Waals surface area contributed by atoms with Gasteiger partial charge in [0.15, 0.2) is 5.96 Å². The molecule has 0 fully saturated rings. The summed E-state index contributed by atoms with van der Waals surface area (Å²) in [6.45, 7) is 2.80. The van der Waals surface area contributed by atoms with Gasteiger partial charge in [0, 0.05) is 16.3 Å². The Morgan fingerprint density at radius 2 is 2.47 bits per heavy atom. The molecule has 0 atom stereocenters. The van der Waals surface area contributed by atoms with Gasteiger partial charge in [-0.2, -0.15) is 0 Å². The molecule has 0 radical (unpaired) electrons. The Morgan fingerprint density at radius 1 is 1.47 bits per heavy atom. The van der Waals surface area contributed by atoms with Crippen molar-refractivity contribution in [2.45, 2.75) is 25.8 Å². The SMILES string of the molecule is c1c(CNC2=NCCN2)sc2c1CCC2. The average Bonchev–Trinajstić information content (AvgIpc) is 2.91. The number of fused-ring (bicyclic) bond motifs is 1. The Bertz CT molecular complexity index is 373. The molecule has 80 valence electrons. The zero-order valence-electron chi connectivity index (χ0n) is 8.68. The number of hydrogen-bond donors (Lipinski definition) is 2. The minimum Gasteiger partial charge on any atom is -0.355 e. The Hall–Kier alpha value is -1.03. The molecule has 0 spiro atoms. The van der Waals surface area contributed by atoms with Crippen molar-refractivity contribution in [1.82, 2.24) is 10.6 Å². The molecule has 1 aromatic rings. The summed E-state index contributed by atoms with van der Waals surface area (Å²) < 4.78 is 0. The minimum atomic E-state index is 0.906. The van der Waals surface area contributed by atoms with E-state index in [9.17, 15) is 0 Å². The van der Waals surface area contributed by atoms with Crippen molar-refractivity contribution in [3.05, 3.63) is 21.4 Å². The second-order valence-corrected chi connectivity index (χ2v) is 5.25. The molecule has 1 aliphatic heterocycles. The van der Waals surface area contributed by atoms with Gasteiger partial charge in [-0.15, -0.1) is 11.3 Å². The van der Waals surface area contributed by atoms with Crippen molar-refractivity contribution in [2.75, 3.05) is 13.1 Å². The van der Waals surface area contributed by atoms with Crippen LogP contribution >= 0.6 is 11.3 Å². The van der Waals surface area contributed by atoms with Gasteiger partial charge in [-0.25, -0.2) is 0 Å². The molecule has 15 heavy (non-hydrogen) atoms. The van der Waals surface area contributed by atoms with Crippen LogP contribution < -0.4 is 10.6 Å². The lowest BCUT2D eigenvalue weighted by atomic mass is 10.2. The van der Waals surface area contributed by atoms with Crippen molar-refractivity contribution in [3.8, 4) is 0 Å². The van der Waals surface area contributed by atoms with Gasteiger partial charge in [0.1, 0.15) is 0 Å². The monoisotopic (exact) mass is 221 g/mol. The zero-order valence-corrected chi connectivity index (χ0v) is 9.49. The summed E-state index contributed by atoms with van der Waals surface area (Å²) in [4.78, 5) is 7.36. The van der Waals surface area contributed by atoms with Crippen LogP contribution in [-0.4, -0.2) is 19.0 Å². The molecule has 3 rings (SSSR count). The molecule has 2 heterocycles. The van der Waals surface area contributed by atoms with E-state index in [0.717, 1.165) is 25.6 Å². The molecule has 0 amide bonds. The van der Waals surface area contributed by atoms with Crippen LogP contribution in [0, 0.1) is 0 Å². The average molecular weight is 221 g/mol. The number of nitrogens with one attached hydrogen (secondary N) is 2. The molecule has 0 saturated heterocycles. The summed E-state index contributed by atoms with van der Waals surface area (Å²) >= 11 is 1.96. The highest BCUT2D eigenvalue weighted by atomic mass is 32.1. The quantitative estimate of drug-likeness (QED) is 0.789. The largest absolute Gasteiger partial charge is 0.355 e. The summed E-state index contributed by atoms with van der Waals surface area (Å²) in [6.07, 6.45) is 3.92. The van der Waals surface area contributed by atoms with Gasteiger partial charge in [-0.3, -0.25) is 4.99 Å².